The summed E-state index contributed by atoms with van der Waals surface area (Å²) in [6, 6.07) is 4.91. The summed E-state index contributed by atoms with van der Waals surface area (Å²) in [7, 11) is 0. The highest BCUT2D eigenvalue weighted by Gasteiger charge is 2.05. The van der Waals surface area contributed by atoms with Gasteiger partial charge in [0, 0.05) is 13.0 Å². The highest BCUT2D eigenvalue weighted by molar-refractivity contribution is 6.33. The van der Waals surface area contributed by atoms with Crippen LogP contribution in [-0.2, 0) is 4.79 Å². The molecule has 0 radical (unpaired) electrons. The second-order valence-electron chi connectivity index (χ2n) is 3.86. The number of carbonyl (C=O) groups excluding carboxylic acids is 1. The number of halogens is 1. The first-order valence-electron chi connectivity index (χ1n) is 5.52. The van der Waals surface area contributed by atoms with Gasteiger partial charge in [-0.2, -0.15) is 0 Å². The largest absolute Gasteiger partial charge is 0.481 e. The number of amides is 2. The van der Waals surface area contributed by atoms with Crippen molar-refractivity contribution in [2.24, 2.45) is 0 Å². The molecule has 2 amide bonds. The summed E-state index contributed by atoms with van der Waals surface area (Å²) < 4.78 is 0. The van der Waals surface area contributed by atoms with Gasteiger partial charge in [0.2, 0.25) is 0 Å². The minimum Gasteiger partial charge on any atom is -0.481 e. The number of carboxylic acids is 1. The zero-order valence-electron chi connectivity index (χ0n) is 10.00. The van der Waals surface area contributed by atoms with Crippen molar-refractivity contribution in [3.8, 4) is 0 Å². The highest BCUT2D eigenvalue weighted by atomic mass is 35.5. The average Bonchev–Trinajstić information content (AvgIpc) is 2.28. The summed E-state index contributed by atoms with van der Waals surface area (Å²) in [4.78, 5) is 21.7. The van der Waals surface area contributed by atoms with E-state index in [0.717, 1.165) is 5.56 Å². The SMILES string of the molecule is Cc1ccc(NC(=O)NCCCC(=O)O)c(Cl)c1. The van der Waals surface area contributed by atoms with E-state index in [0.29, 0.717) is 23.7 Å². The standard InChI is InChI=1S/C12H15ClN2O3/c1-8-4-5-10(9(13)7-8)15-12(18)14-6-2-3-11(16)17/h4-5,7H,2-3,6H2,1H3,(H,16,17)(H2,14,15,18). The Morgan fingerprint density at radius 3 is 2.72 bits per heavy atom. The Hall–Kier alpha value is -1.75. The Balaban J connectivity index is 2.38. The number of hydrogen-bond acceptors (Lipinski definition) is 2. The van der Waals surface area contributed by atoms with Crippen LogP contribution in [0.25, 0.3) is 0 Å². The number of nitrogens with one attached hydrogen (secondary N) is 2. The minimum absolute atomic E-state index is 0.0333. The number of hydrogen-bond donors (Lipinski definition) is 3. The summed E-state index contributed by atoms with van der Waals surface area (Å²) >= 11 is 5.96. The van der Waals surface area contributed by atoms with Crippen molar-refractivity contribution in [3.63, 3.8) is 0 Å². The van der Waals surface area contributed by atoms with Crippen LogP contribution in [0.5, 0.6) is 0 Å². The number of aryl methyl sites for hydroxylation is 1. The average molecular weight is 271 g/mol. The number of benzene rings is 1. The third-order valence-electron chi connectivity index (χ3n) is 2.23. The molecule has 6 heteroatoms. The van der Waals surface area contributed by atoms with Crippen LogP contribution in [0.3, 0.4) is 0 Å². The van der Waals surface area contributed by atoms with Gasteiger partial charge in [-0.1, -0.05) is 17.7 Å². The lowest BCUT2D eigenvalue weighted by molar-refractivity contribution is -0.137. The van der Waals surface area contributed by atoms with Crippen molar-refractivity contribution in [1.82, 2.24) is 5.32 Å². The first kappa shape index (κ1) is 14.3. The first-order chi connectivity index (χ1) is 8.49. The second kappa shape index (κ2) is 6.86. The van der Waals surface area contributed by atoms with Crippen molar-refractivity contribution >= 4 is 29.3 Å². The van der Waals surface area contributed by atoms with Gasteiger partial charge in [-0.25, -0.2) is 4.79 Å². The summed E-state index contributed by atoms with van der Waals surface area (Å²) in [6.07, 6.45) is 0.427. The molecule has 0 spiro atoms. The fourth-order valence-electron chi connectivity index (χ4n) is 1.33. The molecular weight excluding hydrogens is 256 g/mol. The van der Waals surface area contributed by atoms with E-state index in [2.05, 4.69) is 10.6 Å². The predicted molar refractivity (Wildman–Crippen MR) is 70.1 cm³/mol. The number of carboxylic acid groups (broad SMARTS) is 1. The molecule has 0 aliphatic rings. The quantitative estimate of drug-likeness (QED) is 0.720. The predicted octanol–water partition coefficient (Wildman–Crippen LogP) is 2.63. The molecule has 5 nitrogen and oxygen atoms in total. The van der Waals surface area contributed by atoms with Gasteiger partial charge in [0.25, 0.3) is 0 Å². The second-order valence-corrected chi connectivity index (χ2v) is 4.27. The Bertz CT molecular complexity index is 449. The molecule has 18 heavy (non-hydrogen) atoms. The van der Waals surface area contributed by atoms with Crippen LogP contribution >= 0.6 is 11.6 Å². The molecule has 3 N–H and O–H groups in total. The smallest absolute Gasteiger partial charge is 0.319 e. The number of anilines is 1. The molecule has 0 saturated heterocycles. The molecule has 0 aliphatic carbocycles. The van der Waals surface area contributed by atoms with E-state index in [4.69, 9.17) is 16.7 Å². The summed E-state index contributed by atoms with van der Waals surface area (Å²) in [5.74, 6) is -0.876. The third kappa shape index (κ3) is 5.05. The molecule has 0 aliphatic heterocycles. The Morgan fingerprint density at radius 1 is 1.39 bits per heavy atom. The van der Waals surface area contributed by atoms with Crippen molar-refractivity contribution < 1.29 is 14.7 Å². The van der Waals surface area contributed by atoms with Crippen LogP contribution in [0.2, 0.25) is 5.02 Å². The molecule has 0 aromatic heterocycles. The highest BCUT2D eigenvalue weighted by Crippen LogP contribution is 2.22. The van der Waals surface area contributed by atoms with Gasteiger partial charge in [0.05, 0.1) is 10.7 Å². The van der Waals surface area contributed by atoms with E-state index >= 15 is 0 Å². The lowest BCUT2D eigenvalue weighted by Gasteiger charge is -2.09. The molecule has 1 rings (SSSR count). The molecule has 1 aromatic rings. The van der Waals surface area contributed by atoms with Crippen molar-refractivity contribution in [2.45, 2.75) is 19.8 Å². The van der Waals surface area contributed by atoms with E-state index in [-0.39, 0.29) is 6.42 Å². The lowest BCUT2D eigenvalue weighted by Crippen LogP contribution is -2.29. The number of urea groups is 1. The van der Waals surface area contributed by atoms with Gasteiger partial charge < -0.3 is 15.7 Å². The van der Waals surface area contributed by atoms with Crippen LogP contribution < -0.4 is 10.6 Å². The lowest BCUT2D eigenvalue weighted by atomic mass is 10.2. The Kier molecular flexibility index (Phi) is 5.45. The van der Waals surface area contributed by atoms with Crippen LogP contribution in [-0.4, -0.2) is 23.7 Å². The molecule has 0 atom stereocenters. The third-order valence-corrected chi connectivity index (χ3v) is 2.54. The van der Waals surface area contributed by atoms with E-state index < -0.39 is 12.0 Å². The molecule has 0 fully saturated rings. The Morgan fingerprint density at radius 2 is 2.11 bits per heavy atom. The van der Waals surface area contributed by atoms with Gasteiger partial charge in [0.1, 0.15) is 0 Å². The number of rotatable bonds is 5. The van der Waals surface area contributed by atoms with Gasteiger partial charge in [-0.05, 0) is 31.0 Å². The van der Waals surface area contributed by atoms with Crippen LogP contribution in [0, 0.1) is 6.92 Å². The topological polar surface area (TPSA) is 78.4 Å². The van der Waals surface area contributed by atoms with Crippen LogP contribution in [0.1, 0.15) is 18.4 Å². The molecular formula is C12H15ClN2O3. The monoisotopic (exact) mass is 270 g/mol. The van der Waals surface area contributed by atoms with Gasteiger partial charge in [0.15, 0.2) is 0 Å². The summed E-state index contributed by atoms with van der Waals surface area (Å²) in [6.45, 7) is 2.21. The Labute approximate surface area is 110 Å². The minimum atomic E-state index is -0.876. The van der Waals surface area contributed by atoms with Gasteiger partial charge >= 0.3 is 12.0 Å². The molecule has 0 saturated carbocycles. The van der Waals surface area contributed by atoms with Crippen LogP contribution in [0.4, 0.5) is 10.5 Å². The molecule has 98 valence electrons. The fourth-order valence-corrected chi connectivity index (χ4v) is 1.61. The molecule has 0 unspecified atom stereocenters. The van der Waals surface area contributed by atoms with E-state index in [1.807, 2.05) is 13.0 Å². The van der Waals surface area contributed by atoms with Crippen LogP contribution in [0.15, 0.2) is 18.2 Å². The zero-order valence-corrected chi connectivity index (χ0v) is 10.8. The molecule has 0 bridgehead atoms. The van der Waals surface area contributed by atoms with E-state index in [1.165, 1.54) is 0 Å². The fraction of sp³-hybridized carbons (Fsp3) is 0.333. The zero-order chi connectivity index (χ0) is 13.5. The number of aliphatic carboxylic acids is 1. The summed E-state index contributed by atoms with van der Waals surface area (Å²) in [5, 5.41) is 14.1. The number of carbonyl (C=O) groups is 2. The van der Waals surface area contributed by atoms with Crippen molar-refractivity contribution in [2.75, 3.05) is 11.9 Å². The van der Waals surface area contributed by atoms with Gasteiger partial charge in [-0.15, -0.1) is 0 Å². The van der Waals surface area contributed by atoms with Crippen molar-refractivity contribution in [1.29, 1.82) is 0 Å². The van der Waals surface area contributed by atoms with E-state index in [1.54, 1.807) is 12.1 Å². The maximum atomic E-state index is 11.5. The normalized spacial score (nSPS) is 9.89. The first-order valence-corrected chi connectivity index (χ1v) is 5.89. The molecule has 0 heterocycles. The summed E-state index contributed by atoms with van der Waals surface area (Å²) in [5.41, 5.74) is 1.53. The maximum Gasteiger partial charge on any atom is 0.319 e. The van der Waals surface area contributed by atoms with E-state index in [9.17, 15) is 9.59 Å². The molecule has 1 aromatic carbocycles. The van der Waals surface area contributed by atoms with Crippen molar-refractivity contribution in [3.05, 3.63) is 28.8 Å². The maximum absolute atomic E-state index is 11.5. The van der Waals surface area contributed by atoms with Gasteiger partial charge in [-0.3, -0.25) is 4.79 Å².